The number of nitrogens with one attached hydrogen (secondary N) is 3. The largest absolute Gasteiger partial charge is 0.491 e. The highest BCUT2D eigenvalue weighted by molar-refractivity contribution is 6.30. The van der Waals surface area contributed by atoms with Gasteiger partial charge in [0.2, 0.25) is 17.7 Å². The van der Waals surface area contributed by atoms with Gasteiger partial charge in [-0.2, -0.15) is 0 Å². The molecule has 266 valence electrons. The van der Waals surface area contributed by atoms with E-state index in [0.717, 1.165) is 5.56 Å². The Balaban J connectivity index is 1.32. The maximum atomic E-state index is 14.9. The van der Waals surface area contributed by atoms with Crippen molar-refractivity contribution in [3.8, 4) is 23.0 Å². The molecule has 5 rings (SSSR count). The monoisotopic (exact) mass is 716 g/mol. The van der Waals surface area contributed by atoms with Crippen LogP contribution in [-0.2, 0) is 20.8 Å². The number of benzene rings is 4. The predicted molar refractivity (Wildman–Crippen MR) is 189 cm³/mol. The van der Waals surface area contributed by atoms with E-state index in [2.05, 4.69) is 16.0 Å². The summed E-state index contributed by atoms with van der Waals surface area (Å²) in [5, 5.41) is 8.66. The molecule has 3 atom stereocenters. The number of ether oxygens (including phenoxy) is 3. The van der Waals surface area contributed by atoms with Crippen LogP contribution < -0.4 is 30.2 Å². The summed E-state index contributed by atoms with van der Waals surface area (Å²) in [5.74, 6) is -2.39. The summed E-state index contributed by atoms with van der Waals surface area (Å²) in [6.45, 7) is 1.71. The number of amides is 4. The molecule has 51 heavy (non-hydrogen) atoms. The van der Waals surface area contributed by atoms with Crippen LogP contribution in [-0.4, -0.2) is 73.5 Å². The van der Waals surface area contributed by atoms with Gasteiger partial charge in [0.1, 0.15) is 36.8 Å². The molecule has 4 aromatic rings. The van der Waals surface area contributed by atoms with E-state index in [1.165, 1.54) is 29.2 Å². The van der Waals surface area contributed by atoms with E-state index < -0.39 is 48.1 Å². The Morgan fingerprint density at radius 1 is 0.980 bits per heavy atom. The first-order valence-electron chi connectivity index (χ1n) is 16.3. The van der Waals surface area contributed by atoms with Gasteiger partial charge in [-0.1, -0.05) is 60.1 Å². The smallest absolute Gasteiger partial charge is 0.255 e. The van der Waals surface area contributed by atoms with Gasteiger partial charge < -0.3 is 35.1 Å². The van der Waals surface area contributed by atoms with Crippen LogP contribution in [0.25, 0.3) is 0 Å². The molecule has 1 aliphatic heterocycles. The lowest BCUT2D eigenvalue weighted by Crippen LogP contribution is -2.54. The van der Waals surface area contributed by atoms with Crippen LogP contribution >= 0.6 is 11.6 Å². The molecule has 0 fully saturated rings. The quantitative estimate of drug-likeness (QED) is 0.224. The topological polar surface area (TPSA) is 135 Å². The Hall–Kier alpha value is -5.62. The van der Waals surface area contributed by atoms with Crippen molar-refractivity contribution in [3.63, 3.8) is 0 Å². The average molecular weight is 717 g/mol. The SMILES string of the molecule is C[C@H](COc1c(F)cccc1Oc1ccc(Cl)cc1)NC(=O)[C@@H]1CC(=O)N[C@@H](Cc2ccccc2)C(=O)N(C)CCOc2ccccc2C(=O)N1. The number of hydrogen-bond donors (Lipinski definition) is 3. The average Bonchev–Trinajstić information content (AvgIpc) is 3.11. The second kappa shape index (κ2) is 17.3. The minimum Gasteiger partial charge on any atom is -0.491 e. The van der Waals surface area contributed by atoms with Gasteiger partial charge in [0, 0.05) is 18.5 Å². The number of carbonyl (C=O) groups excluding carboxylic acids is 4. The van der Waals surface area contributed by atoms with Crippen LogP contribution in [0, 0.1) is 5.82 Å². The molecule has 11 nitrogen and oxygen atoms in total. The molecule has 13 heteroatoms. The molecule has 0 unspecified atom stereocenters. The minimum absolute atomic E-state index is 0.0778. The van der Waals surface area contributed by atoms with Crippen LogP contribution in [0.2, 0.25) is 5.02 Å². The van der Waals surface area contributed by atoms with Crippen molar-refractivity contribution in [2.24, 2.45) is 0 Å². The van der Waals surface area contributed by atoms with E-state index in [1.54, 1.807) is 56.4 Å². The third-order valence-corrected chi connectivity index (χ3v) is 8.21. The number of nitrogens with zero attached hydrogens (tertiary/aromatic N) is 1. The Morgan fingerprint density at radius 2 is 1.71 bits per heavy atom. The zero-order chi connectivity index (χ0) is 36.3. The maximum Gasteiger partial charge on any atom is 0.255 e. The van der Waals surface area contributed by atoms with Crippen molar-refractivity contribution in [1.29, 1.82) is 0 Å². The molecule has 0 bridgehead atoms. The van der Waals surface area contributed by atoms with Crippen molar-refractivity contribution in [2.45, 2.75) is 37.9 Å². The third kappa shape index (κ3) is 10.2. The Morgan fingerprint density at radius 3 is 2.47 bits per heavy atom. The molecular formula is C38H38ClFN4O7. The van der Waals surface area contributed by atoms with Gasteiger partial charge in [0.05, 0.1) is 24.6 Å². The van der Waals surface area contributed by atoms with Crippen molar-refractivity contribution >= 4 is 35.2 Å². The molecule has 1 aliphatic rings. The highest BCUT2D eigenvalue weighted by atomic mass is 35.5. The van der Waals surface area contributed by atoms with Crippen LogP contribution in [0.3, 0.4) is 0 Å². The number of carbonyl (C=O) groups is 4. The normalized spacial score (nSPS) is 17.5. The van der Waals surface area contributed by atoms with Gasteiger partial charge in [0.15, 0.2) is 17.3 Å². The summed E-state index contributed by atoms with van der Waals surface area (Å²) in [7, 11) is 1.61. The lowest BCUT2D eigenvalue weighted by atomic mass is 10.0. The molecular weight excluding hydrogens is 679 g/mol. The van der Waals surface area contributed by atoms with Crippen LogP contribution in [0.15, 0.2) is 97.1 Å². The maximum absolute atomic E-state index is 14.9. The zero-order valence-corrected chi connectivity index (χ0v) is 28.8. The van der Waals surface area contributed by atoms with Crippen LogP contribution in [0.5, 0.6) is 23.0 Å². The van der Waals surface area contributed by atoms with Gasteiger partial charge in [0.25, 0.3) is 5.91 Å². The molecule has 4 amide bonds. The molecule has 0 aromatic heterocycles. The number of likely N-dealkylation sites (N-methyl/N-ethyl adjacent to an activating group) is 1. The van der Waals surface area contributed by atoms with Crippen molar-refractivity contribution in [1.82, 2.24) is 20.9 Å². The van der Waals surface area contributed by atoms with Gasteiger partial charge in [-0.25, -0.2) is 4.39 Å². The van der Waals surface area contributed by atoms with Crippen LogP contribution in [0.1, 0.15) is 29.3 Å². The van der Waals surface area contributed by atoms with Gasteiger partial charge in [-0.05, 0) is 61.0 Å². The van der Waals surface area contributed by atoms with E-state index in [9.17, 15) is 23.6 Å². The minimum atomic E-state index is -1.36. The lowest BCUT2D eigenvalue weighted by Gasteiger charge is -2.27. The van der Waals surface area contributed by atoms with Gasteiger partial charge in [-0.3, -0.25) is 19.2 Å². The Bertz CT molecular complexity index is 1840. The summed E-state index contributed by atoms with van der Waals surface area (Å²) in [6, 6.07) is 23.4. The number of rotatable bonds is 9. The molecule has 0 radical (unpaired) electrons. The summed E-state index contributed by atoms with van der Waals surface area (Å²) in [4.78, 5) is 55.7. The second-order valence-electron chi connectivity index (χ2n) is 12.0. The van der Waals surface area contributed by atoms with Crippen molar-refractivity contribution in [2.75, 3.05) is 26.8 Å². The number of hydrogen-bond acceptors (Lipinski definition) is 7. The first-order valence-corrected chi connectivity index (χ1v) is 16.7. The van der Waals surface area contributed by atoms with Gasteiger partial charge >= 0.3 is 0 Å². The van der Waals surface area contributed by atoms with Gasteiger partial charge in [-0.15, -0.1) is 0 Å². The molecule has 0 saturated carbocycles. The van der Waals surface area contributed by atoms with E-state index in [4.69, 9.17) is 25.8 Å². The summed E-state index contributed by atoms with van der Waals surface area (Å²) >= 11 is 5.96. The van der Waals surface area contributed by atoms with Crippen LogP contribution in [0.4, 0.5) is 4.39 Å². The number of para-hydroxylation sites is 2. The highest BCUT2D eigenvalue weighted by Crippen LogP contribution is 2.34. The molecule has 4 aromatic carbocycles. The molecule has 1 heterocycles. The number of halogens is 2. The third-order valence-electron chi connectivity index (χ3n) is 7.96. The fraction of sp³-hybridized carbons (Fsp3) is 0.263. The molecule has 0 saturated heterocycles. The van der Waals surface area contributed by atoms with E-state index in [1.807, 2.05) is 30.3 Å². The standard InChI is InChI=1S/C38H38ClFN4O7/c1-24(23-50-35-29(40)12-8-14-33(35)51-27-17-15-26(39)16-18-27)41-37(47)30-22-34(45)42-31(21-25-9-4-3-5-10-25)38(48)44(2)19-20-49-32-13-7-6-11-28(32)36(46)43-30/h3-18,24,30-31H,19-23H2,1-2H3,(H,41,47)(H,42,45)(H,43,46)/t24-,30+,31+/m1/s1. The molecule has 3 N–H and O–H groups in total. The first kappa shape index (κ1) is 36.7. The summed E-state index contributed by atoms with van der Waals surface area (Å²) < 4.78 is 32.3. The number of fused-ring (bicyclic) bond motifs is 1. The molecule has 0 aliphatic carbocycles. The molecule has 0 spiro atoms. The predicted octanol–water partition coefficient (Wildman–Crippen LogP) is 4.92. The fourth-order valence-corrected chi connectivity index (χ4v) is 5.44. The van der Waals surface area contributed by atoms with Crippen molar-refractivity contribution in [3.05, 3.63) is 119 Å². The first-order chi connectivity index (χ1) is 24.6. The van der Waals surface area contributed by atoms with Crippen molar-refractivity contribution < 1.29 is 37.8 Å². The summed E-state index contributed by atoms with van der Waals surface area (Å²) in [6.07, 6.45) is -0.278. The summed E-state index contributed by atoms with van der Waals surface area (Å²) in [5.41, 5.74) is 0.969. The fourth-order valence-electron chi connectivity index (χ4n) is 5.32. The Labute approximate surface area is 300 Å². The second-order valence-corrected chi connectivity index (χ2v) is 12.4. The zero-order valence-electron chi connectivity index (χ0n) is 28.1. The van der Waals surface area contributed by atoms with E-state index >= 15 is 0 Å². The van der Waals surface area contributed by atoms with E-state index in [-0.39, 0.29) is 54.9 Å². The van der Waals surface area contributed by atoms with E-state index in [0.29, 0.717) is 10.8 Å². The highest BCUT2D eigenvalue weighted by Gasteiger charge is 2.31. The lowest BCUT2D eigenvalue weighted by molar-refractivity contribution is -0.136. The Kier molecular flexibility index (Phi) is 12.5.